The van der Waals surface area contributed by atoms with E-state index in [0.29, 0.717) is 0 Å². The molecule has 0 rings (SSSR count). The number of rotatable bonds is 0. The Morgan fingerprint density at radius 2 is 2.00 bits per heavy atom. The van der Waals surface area contributed by atoms with E-state index < -0.39 is 0 Å². The summed E-state index contributed by atoms with van der Waals surface area (Å²) in [5.74, 6) is 0.949. The molecule has 0 saturated carbocycles. The van der Waals surface area contributed by atoms with E-state index in [4.69, 9.17) is 9.90 Å². The Morgan fingerprint density at radius 3 is 2.00 bits per heavy atom. The van der Waals surface area contributed by atoms with Gasteiger partial charge in [-0.2, -0.15) is 0 Å². The van der Waals surface area contributed by atoms with E-state index in [1.165, 1.54) is 12.9 Å². The Bertz CT molecular complexity index is 68.9. The van der Waals surface area contributed by atoms with Crippen molar-refractivity contribution in [3.63, 3.8) is 0 Å². The zero-order chi connectivity index (χ0) is 4.28. The van der Waals surface area contributed by atoms with Crippen LogP contribution in [0.2, 0.25) is 0 Å². The molecule has 2 nitrogen and oxygen atoms in total. The van der Waals surface area contributed by atoms with Gasteiger partial charge in [0, 0.05) is 28.0 Å². The summed E-state index contributed by atoms with van der Waals surface area (Å²) in [7, 11) is 0. The van der Waals surface area contributed by atoms with E-state index in [0.717, 1.165) is 0 Å². The number of hydrogen-bond acceptors (Lipinski definition) is 2. The van der Waals surface area contributed by atoms with Crippen molar-refractivity contribution in [1.82, 2.24) is 0 Å². The van der Waals surface area contributed by atoms with E-state index >= 15 is 0 Å². The van der Waals surface area contributed by atoms with Crippen molar-refractivity contribution in [2.75, 3.05) is 0 Å². The Balaban J connectivity index is 0. The Hall–Kier alpha value is -0.0617. The predicted molar refractivity (Wildman–Crippen MR) is 17.5 cm³/mol. The van der Waals surface area contributed by atoms with Crippen LogP contribution in [0.4, 0.5) is 0 Å². The number of aliphatic hydroxyl groups excluding tert-OH is 1. The van der Waals surface area contributed by atoms with Crippen LogP contribution in [0.3, 0.4) is 0 Å². The first kappa shape index (κ1) is 9.34. The van der Waals surface area contributed by atoms with Crippen LogP contribution in [0.25, 0.3) is 0 Å². The van der Waals surface area contributed by atoms with Crippen LogP contribution in [0, 0.1) is 0 Å². The smallest absolute Gasteiger partial charge is 0.173 e. The summed E-state index contributed by atoms with van der Waals surface area (Å²) < 4.78 is 0. The molecular weight excluding hydrogens is 252 g/mol. The zero-order valence-corrected chi connectivity index (χ0v) is 6.20. The summed E-state index contributed by atoms with van der Waals surface area (Å²) in [5.41, 5.74) is 0. The molecule has 0 aromatic rings. The summed E-state index contributed by atoms with van der Waals surface area (Å²) in [6.07, 6.45) is 0. The SMILES string of the molecule is CC(O)=C=O.[W]. The molecule has 34 valence electrons. The van der Waals surface area contributed by atoms with E-state index in [9.17, 15) is 0 Å². The standard InChI is InChI=1S/C3H4O2.W/c1-3(5)2-4;/h5H,1H3;. The largest absolute Gasteiger partial charge is 0.502 e. The minimum Gasteiger partial charge on any atom is -0.502 e. The van der Waals surface area contributed by atoms with E-state index in [1.54, 1.807) is 0 Å². The van der Waals surface area contributed by atoms with Crippen molar-refractivity contribution < 1.29 is 31.0 Å². The van der Waals surface area contributed by atoms with Crippen LogP contribution in [-0.4, -0.2) is 11.0 Å². The first-order valence-electron chi connectivity index (χ1n) is 1.18. The van der Waals surface area contributed by atoms with Crippen molar-refractivity contribution in [3.05, 3.63) is 5.76 Å². The van der Waals surface area contributed by atoms with Crippen LogP contribution in [0.15, 0.2) is 5.76 Å². The second-order valence-electron chi connectivity index (χ2n) is 0.687. The van der Waals surface area contributed by atoms with Gasteiger partial charge in [-0.3, -0.25) is 0 Å². The summed E-state index contributed by atoms with van der Waals surface area (Å²) in [5, 5.41) is 7.85. The topological polar surface area (TPSA) is 37.3 Å². The molecule has 0 heterocycles. The van der Waals surface area contributed by atoms with Crippen LogP contribution in [0.1, 0.15) is 6.92 Å². The zero-order valence-electron chi connectivity index (χ0n) is 3.26. The molecule has 0 aromatic heterocycles. The molecule has 0 atom stereocenters. The van der Waals surface area contributed by atoms with Crippen molar-refractivity contribution >= 4 is 5.94 Å². The molecule has 0 bridgehead atoms. The van der Waals surface area contributed by atoms with Gasteiger partial charge in [0.1, 0.15) is 0 Å². The van der Waals surface area contributed by atoms with E-state index in [1.807, 2.05) is 0 Å². The summed E-state index contributed by atoms with van der Waals surface area (Å²) in [6, 6.07) is 0. The predicted octanol–water partition coefficient (Wildman–Crippen LogP) is 0.277. The van der Waals surface area contributed by atoms with Crippen LogP contribution in [0.5, 0.6) is 0 Å². The minimum absolute atomic E-state index is 0. The fourth-order valence-electron chi connectivity index (χ4n) is 0. The van der Waals surface area contributed by atoms with Gasteiger partial charge in [0.2, 0.25) is 0 Å². The van der Waals surface area contributed by atoms with Crippen LogP contribution in [-0.2, 0) is 25.9 Å². The average molecular weight is 256 g/mol. The van der Waals surface area contributed by atoms with Gasteiger partial charge in [-0.05, 0) is 0 Å². The molecular formula is C3H4O2W. The van der Waals surface area contributed by atoms with Crippen LogP contribution < -0.4 is 0 Å². The maximum absolute atomic E-state index is 9.09. The molecule has 3 heteroatoms. The van der Waals surface area contributed by atoms with E-state index in [2.05, 4.69) is 0 Å². The molecule has 0 aliphatic carbocycles. The van der Waals surface area contributed by atoms with Crippen molar-refractivity contribution in [3.8, 4) is 0 Å². The van der Waals surface area contributed by atoms with Crippen molar-refractivity contribution in [2.45, 2.75) is 6.92 Å². The number of allylic oxidation sites excluding steroid dienone is 1. The Labute approximate surface area is 50.1 Å². The average Bonchev–Trinajstić information content (AvgIpc) is 1.38. The molecule has 6 heavy (non-hydrogen) atoms. The third kappa shape index (κ3) is 9.05. The van der Waals surface area contributed by atoms with Gasteiger partial charge in [0.15, 0.2) is 11.7 Å². The van der Waals surface area contributed by atoms with Gasteiger partial charge in [-0.15, -0.1) is 0 Å². The Kier molecular flexibility index (Phi) is 7.68. The van der Waals surface area contributed by atoms with Gasteiger partial charge in [-0.25, -0.2) is 4.79 Å². The second kappa shape index (κ2) is 4.94. The first-order valence-corrected chi connectivity index (χ1v) is 1.18. The van der Waals surface area contributed by atoms with Crippen molar-refractivity contribution in [2.24, 2.45) is 0 Å². The number of hydrogen-bond donors (Lipinski definition) is 1. The molecule has 0 saturated heterocycles. The third-order valence-electron chi connectivity index (χ3n) is 0.148. The number of aliphatic hydroxyl groups is 1. The maximum Gasteiger partial charge on any atom is 0.173 e. The molecule has 0 spiro atoms. The maximum atomic E-state index is 9.09. The number of carbonyl (C=O) groups excluding carboxylic acids is 1. The summed E-state index contributed by atoms with van der Waals surface area (Å²) in [4.78, 5) is 9.09. The molecule has 1 N–H and O–H groups in total. The molecule has 0 amide bonds. The van der Waals surface area contributed by atoms with Crippen molar-refractivity contribution in [1.29, 1.82) is 0 Å². The fraction of sp³-hybridized carbons (Fsp3) is 0.333. The van der Waals surface area contributed by atoms with Gasteiger partial charge in [0.25, 0.3) is 0 Å². The summed E-state index contributed by atoms with van der Waals surface area (Å²) >= 11 is 0. The Morgan fingerprint density at radius 1 is 1.83 bits per heavy atom. The molecule has 0 aromatic carbocycles. The fourth-order valence-corrected chi connectivity index (χ4v) is 0. The van der Waals surface area contributed by atoms with Crippen LogP contribution >= 0.6 is 0 Å². The quantitative estimate of drug-likeness (QED) is 0.499. The monoisotopic (exact) mass is 256 g/mol. The first-order chi connectivity index (χ1) is 2.27. The van der Waals surface area contributed by atoms with Gasteiger partial charge in [-0.1, -0.05) is 0 Å². The second-order valence-corrected chi connectivity index (χ2v) is 0.687. The summed E-state index contributed by atoms with van der Waals surface area (Å²) in [6.45, 7) is 1.27. The molecule has 0 aliphatic heterocycles. The van der Waals surface area contributed by atoms with Gasteiger partial charge in [0.05, 0.1) is 0 Å². The molecule has 0 unspecified atom stereocenters. The normalized spacial score (nSPS) is 4.83. The molecule has 0 aliphatic rings. The molecule has 0 fully saturated rings. The van der Waals surface area contributed by atoms with Gasteiger partial charge >= 0.3 is 0 Å². The van der Waals surface area contributed by atoms with E-state index in [-0.39, 0.29) is 26.8 Å². The minimum atomic E-state index is -0.301. The molecule has 0 radical (unpaired) electrons. The van der Waals surface area contributed by atoms with Gasteiger partial charge < -0.3 is 5.11 Å². The third-order valence-corrected chi connectivity index (χ3v) is 0.148.